The van der Waals surface area contributed by atoms with E-state index >= 15 is 0 Å². The molecule has 17 heavy (non-hydrogen) atoms. The van der Waals surface area contributed by atoms with Gasteiger partial charge in [0, 0.05) is 20.1 Å². The minimum Gasteiger partial charge on any atom is -0.368 e. The summed E-state index contributed by atoms with van der Waals surface area (Å²) < 4.78 is 5.37. The Balaban J connectivity index is 2.04. The van der Waals surface area contributed by atoms with E-state index in [2.05, 4.69) is 5.32 Å². The van der Waals surface area contributed by atoms with Gasteiger partial charge in [0.2, 0.25) is 5.91 Å². The molecule has 2 unspecified atom stereocenters. The Morgan fingerprint density at radius 2 is 2.12 bits per heavy atom. The molecule has 1 N–H and O–H groups in total. The summed E-state index contributed by atoms with van der Waals surface area (Å²) in [5.41, 5.74) is 0. The second-order valence-electron chi connectivity index (χ2n) is 4.73. The predicted octanol–water partition coefficient (Wildman–Crippen LogP) is 0.293. The van der Waals surface area contributed by atoms with Crippen LogP contribution in [0.25, 0.3) is 0 Å². The number of ether oxygens (including phenoxy) is 1. The largest absolute Gasteiger partial charge is 0.368 e. The third-order valence-corrected chi connectivity index (χ3v) is 3.42. The highest BCUT2D eigenvalue weighted by Gasteiger charge is 2.35. The zero-order valence-corrected chi connectivity index (χ0v) is 10.3. The monoisotopic (exact) mass is 240 g/mol. The molecule has 0 bridgehead atoms. The summed E-state index contributed by atoms with van der Waals surface area (Å²) in [6.45, 7) is 3.76. The summed E-state index contributed by atoms with van der Waals surface area (Å²) in [6, 6.07) is -0.00190. The van der Waals surface area contributed by atoms with Gasteiger partial charge in [0.25, 0.3) is 5.91 Å². The molecular weight excluding hydrogens is 220 g/mol. The fraction of sp³-hybridized carbons (Fsp3) is 0.833. The van der Waals surface area contributed by atoms with Gasteiger partial charge in [0.05, 0.1) is 6.04 Å². The van der Waals surface area contributed by atoms with Crippen LogP contribution in [-0.2, 0) is 14.3 Å². The summed E-state index contributed by atoms with van der Waals surface area (Å²) in [6.07, 6.45) is 3.15. The lowest BCUT2D eigenvalue weighted by atomic mass is 10.0. The first kappa shape index (κ1) is 12.5. The Morgan fingerprint density at radius 3 is 2.65 bits per heavy atom. The average molecular weight is 240 g/mol. The van der Waals surface area contributed by atoms with Crippen molar-refractivity contribution in [2.45, 2.75) is 44.8 Å². The van der Waals surface area contributed by atoms with Crippen molar-refractivity contribution in [3.05, 3.63) is 0 Å². The van der Waals surface area contributed by atoms with E-state index in [-0.39, 0.29) is 17.9 Å². The SMILES string of the molecule is CC(=O)N(C(=O)C1CCCO1)C1CCCNC1. The topological polar surface area (TPSA) is 58.6 Å². The van der Waals surface area contributed by atoms with Crippen molar-refractivity contribution >= 4 is 11.8 Å². The number of carbonyl (C=O) groups is 2. The third-order valence-electron chi connectivity index (χ3n) is 3.42. The normalized spacial score (nSPS) is 29.0. The van der Waals surface area contributed by atoms with Crippen molar-refractivity contribution in [2.24, 2.45) is 0 Å². The Morgan fingerprint density at radius 1 is 1.29 bits per heavy atom. The van der Waals surface area contributed by atoms with Crippen molar-refractivity contribution in [3.8, 4) is 0 Å². The van der Waals surface area contributed by atoms with Crippen LogP contribution in [0.4, 0.5) is 0 Å². The van der Waals surface area contributed by atoms with Gasteiger partial charge < -0.3 is 10.1 Å². The van der Waals surface area contributed by atoms with Crippen LogP contribution in [0.2, 0.25) is 0 Å². The molecule has 2 saturated heterocycles. The molecule has 5 heteroatoms. The van der Waals surface area contributed by atoms with Gasteiger partial charge in [0.1, 0.15) is 6.10 Å². The number of nitrogens with zero attached hydrogens (tertiary/aromatic N) is 1. The van der Waals surface area contributed by atoms with Gasteiger partial charge >= 0.3 is 0 Å². The lowest BCUT2D eigenvalue weighted by Gasteiger charge is -2.33. The van der Waals surface area contributed by atoms with Crippen LogP contribution in [0, 0.1) is 0 Å². The third kappa shape index (κ3) is 2.84. The Hall–Kier alpha value is -0.940. The number of imide groups is 1. The predicted molar refractivity (Wildman–Crippen MR) is 62.4 cm³/mol. The highest BCUT2D eigenvalue weighted by molar-refractivity contribution is 5.97. The Labute approximate surface area is 101 Å². The van der Waals surface area contributed by atoms with E-state index in [4.69, 9.17) is 4.74 Å². The van der Waals surface area contributed by atoms with Crippen LogP contribution in [0.15, 0.2) is 0 Å². The quantitative estimate of drug-likeness (QED) is 0.754. The van der Waals surface area contributed by atoms with Gasteiger partial charge in [-0.2, -0.15) is 0 Å². The van der Waals surface area contributed by atoms with E-state index in [9.17, 15) is 9.59 Å². The van der Waals surface area contributed by atoms with E-state index in [1.807, 2.05) is 0 Å². The zero-order chi connectivity index (χ0) is 12.3. The van der Waals surface area contributed by atoms with Crippen LogP contribution in [-0.4, -0.2) is 48.6 Å². The molecule has 2 heterocycles. The molecule has 0 radical (unpaired) electrons. The van der Waals surface area contributed by atoms with E-state index in [0.717, 1.165) is 32.2 Å². The smallest absolute Gasteiger partial charge is 0.258 e. The molecule has 0 spiro atoms. The second-order valence-corrected chi connectivity index (χ2v) is 4.73. The summed E-state index contributed by atoms with van der Waals surface area (Å²) >= 11 is 0. The van der Waals surface area contributed by atoms with Gasteiger partial charge in [-0.25, -0.2) is 0 Å². The molecule has 96 valence electrons. The molecule has 0 aliphatic carbocycles. The Bertz CT molecular complexity index is 294. The first-order valence-electron chi connectivity index (χ1n) is 6.36. The van der Waals surface area contributed by atoms with E-state index in [1.165, 1.54) is 11.8 Å². The van der Waals surface area contributed by atoms with Crippen molar-refractivity contribution in [1.29, 1.82) is 0 Å². The molecule has 2 aliphatic heterocycles. The summed E-state index contributed by atoms with van der Waals surface area (Å²) in [5.74, 6) is -0.317. The van der Waals surface area contributed by atoms with Gasteiger partial charge in [-0.3, -0.25) is 14.5 Å². The number of amides is 2. The molecule has 5 nitrogen and oxygen atoms in total. The highest BCUT2D eigenvalue weighted by atomic mass is 16.5. The molecule has 2 fully saturated rings. The molecule has 2 atom stereocenters. The minimum absolute atomic E-state index is 0.00190. The average Bonchev–Trinajstić information content (AvgIpc) is 2.83. The second kappa shape index (κ2) is 5.60. The summed E-state index contributed by atoms with van der Waals surface area (Å²) in [4.78, 5) is 25.3. The molecule has 0 saturated carbocycles. The Kier molecular flexibility index (Phi) is 4.12. The first-order valence-corrected chi connectivity index (χ1v) is 6.36. The van der Waals surface area contributed by atoms with E-state index < -0.39 is 6.10 Å². The maximum Gasteiger partial charge on any atom is 0.258 e. The molecule has 2 rings (SSSR count). The maximum atomic E-state index is 12.2. The van der Waals surface area contributed by atoms with E-state index in [1.54, 1.807) is 0 Å². The maximum absolute atomic E-state index is 12.2. The van der Waals surface area contributed by atoms with Crippen LogP contribution in [0.1, 0.15) is 32.6 Å². The fourth-order valence-electron chi connectivity index (χ4n) is 2.57. The standard InChI is InChI=1S/C12H20N2O3/c1-9(15)14(10-4-2-6-13-8-10)12(16)11-5-3-7-17-11/h10-11,13H,2-8H2,1H3. The number of hydrogen-bond donors (Lipinski definition) is 1. The van der Waals surface area contributed by atoms with Crippen molar-refractivity contribution in [1.82, 2.24) is 10.2 Å². The van der Waals surface area contributed by atoms with Gasteiger partial charge in [-0.15, -0.1) is 0 Å². The lowest BCUT2D eigenvalue weighted by Crippen LogP contribution is -2.53. The van der Waals surface area contributed by atoms with Crippen LogP contribution >= 0.6 is 0 Å². The molecule has 2 amide bonds. The fourth-order valence-corrected chi connectivity index (χ4v) is 2.57. The van der Waals surface area contributed by atoms with Gasteiger partial charge in [0.15, 0.2) is 0 Å². The summed E-state index contributed by atoms with van der Waals surface area (Å²) in [5, 5.41) is 3.23. The van der Waals surface area contributed by atoms with Crippen LogP contribution < -0.4 is 5.32 Å². The van der Waals surface area contributed by atoms with E-state index in [0.29, 0.717) is 13.2 Å². The first-order chi connectivity index (χ1) is 8.20. The number of hydrogen-bond acceptors (Lipinski definition) is 4. The summed E-state index contributed by atoms with van der Waals surface area (Å²) in [7, 11) is 0. The molecule has 2 aliphatic rings. The van der Waals surface area contributed by atoms with Crippen LogP contribution in [0.3, 0.4) is 0 Å². The number of rotatable bonds is 2. The molecular formula is C12H20N2O3. The molecule has 0 aromatic carbocycles. The van der Waals surface area contributed by atoms with Gasteiger partial charge in [-0.1, -0.05) is 0 Å². The number of carbonyl (C=O) groups excluding carboxylic acids is 2. The molecule has 0 aromatic rings. The highest BCUT2D eigenvalue weighted by Crippen LogP contribution is 2.19. The molecule has 0 aromatic heterocycles. The van der Waals surface area contributed by atoms with Crippen molar-refractivity contribution in [3.63, 3.8) is 0 Å². The number of nitrogens with one attached hydrogen (secondary N) is 1. The van der Waals surface area contributed by atoms with Crippen molar-refractivity contribution in [2.75, 3.05) is 19.7 Å². The lowest BCUT2D eigenvalue weighted by molar-refractivity contribution is -0.153. The number of piperidine rings is 1. The van der Waals surface area contributed by atoms with Crippen LogP contribution in [0.5, 0.6) is 0 Å². The zero-order valence-electron chi connectivity index (χ0n) is 10.3. The minimum atomic E-state index is -0.402. The van der Waals surface area contributed by atoms with Gasteiger partial charge in [-0.05, 0) is 32.2 Å². The van der Waals surface area contributed by atoms with Crippen molar-refractivity contribution < 1.29 is 14.3 Å².